The lowest BCUT2D eigenvalue weighted by molar-refractivity contribution is 0.348. The minimum atomic E-state index is 0.667. The normalized spacial score (nSPS) is 24.0. The zero-order valence-corrected chi connectivity index (χ0v) is 13.7. The monoisotopic (exact) mass is 273 g/mol. The van der Waals surface area contributed by atoms with Crippen molar-refractivity contribution in [2.45, 2.75) is 65.8 Å². The van der Waals surface area contributed by atoms with Crippen molar-refractivity contribution in [3.05, 3.63) is 34.9 Å². The second kappa shape index (κ2) is 7.26. The van der Waals surface area contributed by atoms with Gasteiger partial charge in [-0.05, 0) is 69.0 Å². The lowest BCUT2D eigenvalue weighted by atomic mass is 9.89. The van der Waals surface area contributed by atoms with E-state index in [1.165, 1.54) is 48.8 Å². The van der Waals surface area contributed by atoms with E-state index >= 15 is 0 Å². The van der Waals surface area contributed by atoms with Gasteiger partial charge in [-0.2, -0.15) is 0 Å². The van der Waals surface area contributed by atoms with Crippen LogP contribution in [0.5, 0.6) is 0 Å². The van der Waals surface area contributed by atoms with Crippen molar-refractivity contribution in [2.24, 2.45) is 11.8 Å². The van der Waals surface area contributed by atoms with Crippen molar-refractivity contribution in [1.29, 1.82) is 0 Å². The van der Waals surface area contributed by atoms with Gasteiger partial charge in [-0.15, -0.1) is 0 Å². The molecule has 0 heterocycles. The Kier molecular flexibility index (Phi) is 5.65. The molecule has 0 amide bonds. The zero-order chi connectivity index (χ0) is 14.5. The van der Waals surface area contributed by atoms with E-state index in [4.69, 9.17) is 0 Å². The second-order valence-corrected chi connectivity index (χ2v) is 6.87. The molecule has 1 aromatic carbocycles. The van der Waals surface area contributed by atoms with E-state index in [1.54, 1.807) is 0 Å². The van der Waals surface area contributed by atoms with Gasteiger partial charge < -0.3 is 5.32 Å². The maximum atomic E-state index is 3.83. The van der Waals surface area contributed by atoms with E-state index in [0.717, 1.165) is 18.4 Å². The molecule has 1 nitrogen and oxygen atoms in total. The molecule has 1 heteroatoms. The molecule has 0 radical (unpaired) electrons. The van der Waals surface area contributed by atoms with Crippen LogP contribution in [-0.4, -0.2) is 12.6 Å². The predicted molar refractivity (Wildman–Crippen MR) is 88.2 cm³/mol. The number of nitrogens with one attached hydrogen (secondary N) is 1. The highest BCUT2D eigenvalue weighted by Gasteiger charge is 2.28. The average molecular weight is 273 g/mol. The summed E-state index contributed by atoms with van der Waals surface area (Å²) in [5.74, 6) is 1.79. The number of benzene rings is 1. The molecule has 3 atom stereocenters. The highest BCUT2D eigenvalue weighted by Crippen LogP contribution is 2.34. The maximum absolute atomic E-state index is 3.83. The smallest absolute Gasteiger partial charge is 0.0136 e. The van der Waals surface area contributed by atoms with Gasteiger partial charge in [0, 0.05) is 6.04 Å². The Balaban J connectivity index is 2.08. The topological polar surface area (TPSA) is 12.0 Å². The lowest BCUT2D eigenvalue weighted by Gasteiger charge is -2.26. The first-order chi connectivity index (χ1) is 9.60. The van der Waals surface area contributed by atoms with Gasteiger partial charge in [-0.1, -0.05) is 44.0 Å². The van der Waals surface area contributed by atoms with Crippen LogP contribution in [-0.2, 0) is 6.42 Å². The summed E-state index contributed by atoms with van der Waals surface area (Å²) in [4.78, 5) is 0. The summed E-state index contributed by atoms with van der Waals surface area (Å²) in [6.07, 6.45) is 6.66. The van der Waals surface area contributed by atoms with Crippen LogP contribution >= 0.6 is 0 Å². The Morgan fingerprint density at radius 2 is 2.05 bits per heavy atom. The molecule has 112 valence electrons. The average Bonchev–Trinajstić information content (AvgIpc) is 2.85. The third kappa shape index (κ3) is 4.09. The largest absolute Gasteiger partial charge is 0.313 e. The Bertz CT molecular complexity index is 424. The predicted octanol–water partition coefficient (Wildman–Crippen LogP) is 4.65. The van der Waals surface area contributed by atoms with Gasteiger partial charge in [0.15, 0.2) is 0 Å². The molecule has 3 unspecified atom stereocenters. The summed E-state index contributed by atoms with van der Waals surface area (Å²) in [6.45, 7) is 10.3. The Labute approximate surface area is 125 Å². The Hall–Kier alpha value is -0.820. The van der Waals surface area contributed by atoms with Crippen LogP contribution in [0.3, 0.4) is 0 Å². The van der Waals surface area contributed by atoms with Crippen LogP contribution in [0.25, 0.3) is 0 Å². The van der Waals surface area contributed by atoms with Crippen LogP contribution in [0.1, 0.15) is 56.2 Å². The number of aryl methyl sites for hydroxylation is 2. The zero-order valence-electron chi connectivity index (χ0n) is 13.7. The van der Waals surface area contributed by atoms with E-state index in [1.807, 2.05) is 0 Å². The summed E-state index contributed by atoms with van der Waals surface area (Å²) in [6, 6.07) is 7.55. The fourth-order valence-electron chi connectivity index (χ4n) is 3.61. The molecule has 1 N–H and O–H groups in total. The van der Waals surface area contributed by atoms with Crippen LogP contribution in [0.4, 0.5) is 0 Å². The molecule has 0 aliphatic heterocycles. The second-order valence-electron chi connectivity index (χ2n) is 6.87. The number of hydrogen-bond donors (Lipinski definition) is 1. The molecule has 1 saturated carbocycles. The van der Waals surface area contributed by atoms with Crippen LogP contribution in [0.15, 0.2) is 18.2 Å². The molecule has 0 spiro atoms. The first-order valence-corrected chi connectivity index (χ1v) is 8.39. The van der Waals surface area contributed by atoms with Crippen molar-refractivity contribution < 1.29 is 0 Å². The van der Waals surface area contributed by atoms with Gasteiger partial charge in [0.25, 0.3) is 0 Å². The molecular weight excluding hydrogens is 242 g/mol. The SMILES string of the molecule is CCCNC(Cc1cc(C)ccc1C)C1CCC(C)C1. The quantitative estimate of drug-likeness (QED) is 0.795. The third-order valence-electron chi connectivity index (χ3n) is 4.91. The summed E-state index contributed by atoms with van der Waals surface area (Å²) < 4.78 is 0. The van der Waals surface area contributed by atoms with Crippen LogP contribution in [0, 0.1) is 25.7 Å². The van der Waals surface area contributed by atoms with Gasteiger partial charge >= 0.3 is 0 Å². The van der Waals surface area contributed by atoms with E-state index < -0.39 is 0 Å². The van der Waals surface area contributed by atoms with Crippen molar-refractivity contribution in [3.8, 4) is 0 Å². The lowest BCUT2D eigenvalue weighted by Crippen LogP contribution is -2.37. The molecular formula is C19H31N. The third-order valence-corrected chi connectivity index (χ3v) is 4.91. The molecule has 1 aromatic rings. The first kappa shape index (κ1) is 15.6. The number of hydrogen-bond acceptors (Lipinski definition) is 1. The fourth-order valence-corrected chi connectivity index (χ4v) is 3.61. The van der Waals surface area contributed by atoms with E-state index in [2.05, 4.69) is 51.2 Å². The van der Waals surface area contributed by atoms with Crippen molar-refractivity contribution in [1.82, 2.24) is 5.32 Å². The highest BCUT2D eigenvalue weighted by atomic mass is 14.9. The summed E-state index contributed by atoms with van der Waals surface area (Å²) >= 11 is 0. The Morgan fingerprint density at radius 1 is 1.25 bits per heavy atom. The molecule has 1 fully saturated rings. The molecule has 0 saturated heterocycles. The molecule has 1 aliphatic carbocycles. The van der Waals surface area contributed by atoms with Gasteiger partial charge in [0.05, 0.1) is 0 Å². The van der Waals surface area contributed by atoms with Gasteiger partial charge in [0.2, 0.25) is 0 Å². The van der Waals surface area contributed by atoms with Gasteiger partial charge in [-0.25, -0.2) is 0 Å². The van der Waals surface area contributed by atoms with E-state index in [0.29, 0.717) is 6.04 Å². The van der Waals surface area contributed by atoms with E-state index in [-0.39, 0.29) is 0 Å². The van der Waals surface area contributed by atoms with Gasteiger partial charge in [0.1, 0.15) is 0 Å². The van der Waals surface area contributed by atoms with Crippen LogP contribution < -0.4 is 5.32 Å². The standard InChI is InChI=1S/C19H31N/c1-5-10-20-19(17-9-7-15(3)11-17)13-18-12-14(2)6-8-16(18)4/h6,8,12,15,17,19-20H,5,7,9-11,13H2,1-4H3. The summed E-state index contributed by atoms with van der Waals surface area (Å²) in [7, 11) is 0. The van der Waals surface area contributed by atoms with Crippen molar-refractivity contribution in [3.63, 3.8) is 0 Å². The highest BCUT2D eigenvalue weighted by molar-refractivity contribution is 5.31. The van der Waals surface area contributed by atoms with Crippen LogP contribution in [0.2, 0.25) is 0 Å². The summed E-state index contributed by atoms with van der Waals surface area (Å²) in [5, 5.41) is 3.83. The van der Waals surface area contributed by atoms with E-state index in [9.17, 15) is 0 Å². The molecule has 0 bridgehead atoms. The summed E-state index contributed by atoms with van der Waals surface area (Å²) in [5.41, 5.74) is 4.38. The maximum Gasteiger partial charge on any atom is 0.0136 e. The van der Waals surface area contributed by atoms with Crippen molar-refractivity contribution in [2.75, 3.05) is 6.54 Å². The molecule has 0 aromatic heterocycles. The molecule has 20 heavy (non-hydrogen) atoms. The molecule has 1 aliphatic rings. The minimum Gasteiger partial charge on any atom is -0.313 e. The Morgan fingerprint density at radius 3 is 2.70 bits per heavy atom. The van der Waals surface area contributed by atoms with Gasteiger partial charge in [-0.3, -0.25) is 0 Å². The minimum absolute atomic E-state index is 0.667. The number of rotatable bonds is 6. The molecule has 2 rings (SSSR count). The fraction of sp³-hybridized carbons (Fsp3) is 0.684. The van der Waals surface area contributed by atoms with Crippen molar-refractivity contribution >= 4 is 0 Å². The first-order valence-electron chi connectivity index (χ1n) is 8.39.